The summed E-state index contributed by atoms with van der Waals surface area (Å²) in [6, 6.07) is 23.5. The van der Waals surface area contributed by atoms with Crippen LogP contribution in [0.5, 0.6) is 11.5 Å². The Labute approximate surface area is 198 Å². The van der Waals surface area contributed by atoms with Crippen molar-refractivity contribution in [3.8, 4) is 45.1 Å². The Bertz CT molecular complexity index is 1620. The van der Waals surface area contributed by atoms with E-state index in [-0.39, 0.29) is 28.3 Å². The van der Waals surface area contributed by atoms with Gasteiger partial charge in [-0.05, 0) is 59.7 Å². The SMILES string of the molecule is COc1ccc(-c2cc(-c3ccc([N+](=O)[O-])cc3)nc(-c3c(O)c4ccccc4oc3=O)c2)cc1. The van der Waals surface area contributed by atoms with Gasteiger partial charge in [0.15, 0.2) is 0 Å². The summed E-state index contributed by atoms with van der Waals surface area (Å²) in [5.74, 6) is 0.456. The quantitative estimate of drug-likeness (QED) is 0.197. The van der Waals surface area contributed by atoms with Gasteiger partial charge < -0.3 is 14.3 Å². The Balaban J connectivity index is 1.74. The fraction of sp³-hybridized carbons (Fsp3) is 0.0370. The van der Waals surface area contributed by atoms with E-state index < -0.39 is 10.5 Å². The summed E-state index contributed by atoms with van der Waals surface area (Å²) in [5, 5.41) is 22.4. The molecule has 0 saturated carbocycles. The summed E-state index contributed by atoms with van der Waals surface area (Å²) < 4.78 is 10.7. The minimum atomic E-state index is -0.727. The van der Waals surface area contributed by atoms with Crippen LogP contribution in [0.15, 0.2) is 94.1 Å². The second-order valence-corrected chi connectivity index (χ2v) is 7.77. The highest BCUT2D eigenvalue weighted by Crippen LogP contribution is 2.36. The van der Waals surface area contributed by atoms with Gasteiger partial charge in [0.1, 0.15) is 22.6 Å². The average molecular weight is 466 g/mol. The van der Waals surface area contributed by atoms with Crippen LogP contribution in [0.2, 0.25) is 0 Å². The first-order valence-electron chi connectivity index (χ1n) is 10.6. The molecule has 5 rings (SSSR count). The van der Waals surface area contributed by atoms with Gasteiger partial charge in [0, 0.05) is 17.7 Å². The number of rotatable bonds is 5. The largest absolute Gasteiger partial charge is 0.506 e. The molecule has 0 saturated heterocycles. The van der Waals surface area contributed by atoms with Gasteiger partial charge in [0.2, 0.25) is 0 Å². The number of hydrogen-bond donors (Lipinski definition) is 1. The van der Waals surface area contributed by atoms with Crippen LogP contribution >= 0.6 is 0 Å². The normalized spacial score (nSPS) is 10.9. The number of benzene rings is 3. The van der Waals surface area contributed by atoms with E-state index in [0.29, 0.717) is 22.4 Å². The molecule has 0 amide bonds. The molecule has 8 heteroatoms. The lowest BCUT2D eigenvalue weighted by atomic mass is 9.99. The molecule has 8 nitrogen and oxygen atoms in total. The molecule has 0 unspecified atom stereocenters. The predicted octanol–water partition coefficient (Wildman–Crippen LogP) is 5.81. The molecular formula is C27H18N2O6. The van der Waals surface area contributed by atoms with E-state index in [1.165, 1.54) is 12.1 Å². The monoisotopic (exact) mass is 466 g/mol. The Hall–Kier alpha value is -4.98. The van der Waals surface area contributed by atoms with E-state index in [4.69, 9.17) is 9.15 Å². The van der Waals surface area contributed by atoms with Crippen molar-refractivity contribution < 1.29 is 19.2 Å². The fourth-order valence-corrected chi connectivity index (χ4v) is 3.87. The van der Waals surface area contributed by atoms with Crippen molar-refractivity contribution >= 4 is 16.7 Å². The Kier molecular flexibility index (Phi) is 5.46. The van der Waals surface area contributed by atoms with E-state index in [9.17, 15) is 20.0 Å². The van der Waals surface area contributed by atoms with Crippen LogP contribution in [0.25, 0.3) is 44.6 Å². The van der Waals surface area contributed by atoms with Crippen LogP contribution in [-0.2, 0) is 0 Å². The van der Waals surface area contributed by atoms with Crippen molar-refractivity contribution in [2.75, 3.05) is 7.11 Å². The molecule has 0 atom stereocenters. The molecule has 2 heterocycles. The Morgan fingerprint density at radius 2 is 1.54 bits per heavy atom. The molecule has 172 valence electrons. The van der Waals surface area contributed by atoms with Crippen molar-refractivity contribution in [3.63, 3.8) is 0 Å². The summed E-state index contributed by atoms with van der Waals surface area (Å²) in [7, 11) is 1.58. The number of para-hydroxylation sites is 1. The molecule has 0 aliphatic heterocycles. The first-order valence-corrected chi connectivity index (χ1v) is 10.6. The maximum atomic E-state index is 12.9. The number of ether oxygens (including phenoxy) is 1. The van der Waals surface area contributed by atoms with Gasteiger partial charge in [-0.2, -0.15) is 0 Å². The highest BCUT2D eigenvalue weighted by molar-refractivity contribution is 5.90. The zero-order valence-electron chi connectivity index (χ0n) is 18.5. The van der Waals surface area contributed by atoms with Crippen LogP contribution in [0.4, 0.5) is 5.69 Å². The maximum absolute atomic E-state index is 12.9. The molecule has 0 radical (unpaired) electrons. The summed E-state index contributed by atoms with van der Waals surface area (Å²) in [6.45, 7) is 0. The van der Waals surface area contributed by atoms with Gasteiger partial charge in [0.25, 0.3) is 5.69 Å². The molecule has 0 bridgehead atoms. The summed E-state index contributed by atoms with van der Waals surface area (Å²) in [5.41, 5.74) is 2.25. The minimum Gasteiger partial charge on any atom is -0.506 e. The number of aromatic nitrogens is 1. The molecule has 0 spiro atoms. The molecule has 35 heavy (non-hydrogen) atoms. The third-order valence-electron chi connectivity index (χ3n) is 5.66. The van der Waals surface area contributed by atoms with Gasteiger partial charge in [-0.25, -0.2) is 9.78 Å². The lowest BCUT2D eigenvalue weighted by Crippen LogP contribution is -2.05. The molecule has 3 aromatic carbocycles. The lowest BCUT2D eigenvalue weighted by molar-refractivity contribution is -0.384. The molecule has 5 aromatic rings. The van der Waals surface area contributed by atoms with Gasteiger partial charge >= 0.3 is 5.63 Å². The number of nitro benzene ring substituents is 1. The number of fused-ring (bicyclic) bond motifs is 1. The molecular weight excluding hydrogens is 448 g/mol. The van der Waals surface area contributed by atoms with Crippen molar-refractivity contribution in [3.05, 3.63) is 105 Å². The topological polar surface area (TPSA) is 116 Å². The van der Waals surface area contributed by atoms with Crippen LogP contribution in [0, 0.1) is 10.1 Å². The van der Waals surface area contributed by atoms with E-state index in [2.05, 4.69) is 4.98 Å². The molecule has 0 aliphatic rings. The first kappa shape index (κ1) is 21.8. The summed E-state index contributed by atoms with van der Waals surface area (Å²) >= 11 is 0. The number of nitro groups is 1. The number of pyridine rings is 1. The molecule has 1 N–H and O–H groups in total. The fourth-order valence-electron chi connectivity index (χ4n) is 3.87. The van der Waals surface area contributed by atoms with Crippen LogP contribution < -0.4 is 10.4 Å². The van der Waals surface area contributed by atoms with Gasteiger partial charge in [-0.1, -0.05) is 24.3 Å². The van der Waals surface area contributed by atoms with Crippen LogP contribution in [0.1, 0.15) is 0 Å². The minimum absolute atomic E-state index is 0.0481. The van der Waals surface area contributed by atoms with E-state index in [1.807, 2.05) is 30.3 Å². The molecule has 0 fully saturated rings. The van der Waals surface area contributed by atoms with Crippen LogP contribution in [0.3, 0.4) is 0 Å². The summed E-state index contributed by atoms with van der Waals surface area (Å²) in [4.78, 5) is 28.1. The Morgan fingerprint density at radius 3 is 2.23 bits per heavy atom. The zero-order valence-corrected chi connectivity index (χ0v) is 18.5. The number of aromatic hydroxyl groups is 1. The van der Waals surface area contributed by atoms with Crippen molar-refractivity contribution in [2.45, 2.75) is 0 Å². The third kappa shape index (κ3) is 4.08. The summed E-state index contributed by atoms with van der Waals surface area (Å²) in [6.07, 6.45) is 0. The lowest BCUT2D eigenvalue weighted by Gasteiger charge is -2.12. The smallest absolute Gasteiger partial charge is 0.349 e. The van der Waals surface area contributed by atoms with Gasteiger partial charge in [-0.3, -0.25) is 10.1 Å². The predicted molar refractivity (Wildman–Crippen MR) is 131 cm³/mol. The molecule has 0 aliphatic carbocycles. The Morgan fingerprint density at radius 1 is 0.886 bits per heavy atom. The van der Waals surface area contributed by atoms with E-state index >= 15 is 0 Å². The number of methoxy groups -OCH3 is 1. The van der Waals surface area contributed by atoms with Crippen molar-refractivity contribution in [1.29, 1.82) is 0 Å². The van der Waals surface area contributed by atoms with Crippen molar-refractivity contribution in [1.82, 2.24) is 4.98 Å². The number of hydrogen-bond acceptors (Lipinski definition) is 7. The zero-order chi connectivity index (χ0) is 24.5. The maximum Gasteiger partial charge on any atom is 0.349 e. The van der Waals surface area contributed by atoms with Crippen molar-refractivity contribution in [2.24, 2.45) is 0 Å². The van der Waals surface area contributed by atoms with Gasteiger partial charge in [0.05, 0.1) is 28.8 Å². The first-order chi connectivity index (χ1) is 16.9. The van der Waals surface area contributed by atoms with Gasteiger partial charge in [-0.15, -0.1) is 0 Å². The van der Waals surface area contributed by atoms with E-state index in [1.54, 1.807) is 49.6 Å². The third-order valence-corrected chi connectivity index (χ3v) is 5.66. The molecule has 2 aromatic heterocycles. The highest BCUT2D eigenvalue weighted by Gasteiger charge is 2.19. The second kappa shape index (κ2) is 8.75. The standard InChI is InChI=1S/C27H18N2O6/c1-34-20-12-8-16(9-13-20)18-14-22(17-6-10-19(11-7-17)29(32)33)28-23(15-18)25-26(30)21-4-2-3-5-24(21)35-27(25)31/h2-15,30H,1H3. The van der Waals surface area contributed by atoms with E-state index in [0.717, 1.165) is 11.1 Å². The number of nitrogens with zero attached hydrogens (tertiary/aromatic N) is 2. The average Bonchev–Trinajstić information content (AvgIpc) is 2.88. The second-order valence-electron chi connectivity index (χ2n) is 7.77. The van der Waals surface area contributed by atoms with Crippen LogP contribution in [-0.4, -0.2) is 22.1 Å². The highest BCUT2D eigenvalue weighted by atomic mass is 16.6. The number of non-ortho nitro benzene ring substituents is 1.